The number of aliphatic hydroxyl groups is 4. The van der Waals surface area contributed by atoms with Crippen LogP contribution < -0.4 is 5.32 Å². The molecule has 1 fully saturated rings. The molecule has 390 valence electrons. The number of hydrogen-bond donors (Lipinski definition) is 6. The highest BCUT2D eigenvalue weighted by Crippen LogP contribution is 2.26. The third-order valence-electron chi connectivity index (χ3n) is 13.0. The molecule has 7 unspecified atom stereocenters. The van der Waals surface area contributed by atoms with Crippen molar-refractivity contribution in [1.82, 2.24) is 5.32 Å². The maximum atomic E-state index is 13.1. The lowest BCUT2D eigenvalue weighted by atomic mass is 9.99. The van der Waals surface area contributed by atoms with E-state index in [9.17, 15) is 38.2 Å². The molecule has 13 heteroatoms. The van der Waals surface area contributed by atoms with Crippen LogP contribution in [0.3, 0.4) is 0 Å². The Balaban J connectivity index is 2.39. The predicted octanol–water partition coefficient (Wildman–Crippen LogP) is 12.1. The molecule has 1 amide bonds. The van der Waals surface area contributed by atoms with Gasteiger partial charge in [-0.1, -0.05) is 224 Å². The number of unbranched alkanes of at least 4 members (excludes halogenated alkanes) is 33. The minimum atomic E-state index is -5.09. The van der Waals surface area contributed by atoms with Gasteiger partial charge in [-0.15, -0.1) is 0 Å². The van der Waals surface area contributed by atoms with E-state index >= 15 is 0 Å². The van der Waals surface area contributed by atoms with Gasteiger partial charge in [0.2, 0.25) is 5.91 Å². The van der Waals surface area contributed by atoms with Gasteiger partial charge >= 0.3 is 10.4 Å². The number of ether oxygens (including phenoxy) is 2. The molecule has 1 rings (SSSR count). The number of hydrogen-bond acceptors (Lipinski definition) is 10. The van der Waals surface area contributed by atoms with Crippen molar-refractivity contribution in [2.75, 3.05) is 13.2 Å². The quantitative estimate of drug-likeness (QED) is 0.0193. The molecular formula is C53H101NO11S. The van der Waals surface area contributed by atoms with E-state index < -0.39 is 59.9 Å². The van der Waals surface area contributed by atoms with Gasteiger partial charge in [0, 0.05) is 6.42 Å². The van der Waals surface area contributed by atoms with E-state index in [1.54, 1.807) is 6.08 Å². The van der Waals surface area contributed by atoms with Crippen molar-refractivity contribution in [2.24, 2.45) is 0 Å². The van der Waals surface area contributed by atoms with E-state index in [0.717, 1.165) is 44.9 Å². The summed E-state index contributed by atoms with van der Waals surface area (Å²) in [6.07, 6.45) is 43.6. The normalized spacial score (nSPS) is 20.1. The maximum Gasteiger partial charge on any atom is 0.397 e. The highest BCUT2D eigenvalue weighted by Gasteiger charge is 2.48. The smallest absolute Gasteiger partial charge is 0.394 e. The first-order chi connectivity index (χ1) is 32.0. The van der Waals surface area contributed by atoms with Crippen molar-refractivity contribution >= 4 is 16.3 Å². The highest BCUT2D eigenvalue weighted by molar-refractivity contribution is 7.80. The number of amides is 1. The van der Waals surface area contributed by atoms with Crippen LogP contribution in [0, 0.1) is 0 Å². The molecule has 1 aliphatic rings. The molecule has 7 atom stereocenters. The van der Waals surface area contributed by atoms with Crippen LogP contribution in [0.4, 0.5) is 0 Å². The van der Waals surface area contributed by atoms with Gasteiger partial charge < -0.3 is 35.2 Å². The standard InChI is InChI=1S/C53H101NO11S/c1-3-5-7-9-11-13-15-17-19-20-21-22-23-24-25-26-27-29-31-33-35-37-39-41-43-49(57)54-46(45-63-53-51(59)52(65-66(60,61)62)50(58)48(44-55)64-53)47(56)42-40-38-36-34-32-30-28-18-16-14-12-10-8-6-4-2/h24-25,40,42,46-48,50-53,55-56,58-59H,3-23,26-39,41,43-45H2,1-2H3,(H,54,57)(H,60,61,62)/b25-24-,42-40+. The van der Waals surface area contributed by atoms with Crippen LogP contribution in [0.2, 0.25) is 0 Å². The number of allylic oxidation sites excluding steroid dienone is 3. The Morgan fingerprint density at radius 1 is 0.591 bits per heavy atom. The SMILES string of the molecule is CCCCCCCCCCCCCC/C=C\CCCCCCCCCCC(=O)NC(COC1OC(CO)C(O)C(OS(=O)(=O)O)C1O)C(O)/C=C/CCCCCCCCCCCCCCC. The van der Waals surface area contributed by atoms with Gasteiger partial charge in [-0.2, -0.15) is 8.42 Å². The third-order valence-corrected chi connectivity index (χ3v) is 13.4. The van der Waals surface area contributed by atoms with Crippen LogP contribution in [0.25, 0.3) is 0 Å². The van der Waals surface area contributed by atoms with E-state index in [2.05, 4.69) is 35.5 Å². The molecule has 0 aliphatic carbocycles. The Labute approximate surface area is 403 Å². The van der Waals surface area contributed by atoms with Gasteiger partial charge in [-0.05, 0) is 44.9 Å². The predicted molar refractivity (Wildman–Crippen MR) is 269 cm³/mol. The summed E-state index contributed by atoms with van der Waals surface area (Å²) in [5.74, 6) is -0.263. The summed E-state index contributed by atoms with van der Waals surface area (Å²) >= 11 is 0. The van der Waals surface area contributed by atoms with Crippen LogP contribution in [0.15, 0.2) is 24.3 Å². The Hall–Kier alpha value is -1.42. The fourth-order valence-electron chi connectivity index (χ4n) is 8.74. The van der Waals surface area contributed by atoms with Crippen LogP contribution in [0.5, 0.6) is 0 Å². The second-order valence-corrected chi connectivity index (χ2v) is 20.2. The Morgan fingerprint density at radius 2 is 0.970 bits per heavy atom. The van der Waals surface area contributed by atoms with Gasteiger partial charge in [-0.3, -0.25) is 9.35 Å². The van der Waals surface area contributed by atoms with Crippen LogP contribution in [-0.4, -0.2) is 95.4 Å². The van der Waals surface area contributed by atoms with Crippen molar-refractivity contribution in [3.8, 4) is 0 Å². The number of carbonyl (C=O) groups is 1. The molecule has 0 saturated carbocycles. The highest BCUT2D eigenvalue weighted by atomic mass is 32.3. The van der Waals surface area contributed by atoms with Crippen molar-refractivity contribution in [3.05, 3.63) is 24.3 Å². The minimum Gasteiger partial charge on any atom is -0.394 e. The Bertz CT molecular complexity index is 1270. The summed E-state index contributed by atoms with van der Waals surface area (Å²) < 4.78 is 47.7. The van der Waals surface area contributed by atoms with Crippen molar-refractivity contribution in [2.45, 2.75) is 294 Å². The molecular weight excluding hydrogens is 859 g/mol. The van der Waals surface area contributed by atoms with Gasteiger partial charge in [0.05, 0.1) is 25.4 Å². The summed E-state index contributed by atoms with van der Waals surface area (Å²) in [6.45, 7) is 3.41. The largest absolute Gasteiger partial charge is 0.397 e. The lowest BCUT2D eigenvalue weighted by Crippen LogP contribution is -2.61. The average Bonchev–Trinajstić information content (AvgIpc) is 3.29. The van der Waals surface area contributed by atoms with E-state index in [-0.39, 0.29) is 18.9 Å². The molecule has 0 aromatic carbocycles. The molecule has 0 radical (unpaired) electrons. The molecule has 0 bridgehead atoms. The first kappa shape index (κ1) is 62.6. The lowest BCUT2D eigenvalue weighted by Gasteiger charge is -2.41. The van der Waals surface area contributed by atoms with Crippen LogP contribution in [-0.2, 0) is 28.9 Å². The van der Waals surface area contributed by atoms with Crippen LogP contribution in [0.1, 0.15) is 251 Å². The number of carbonyl (C=O) groups excluding carboxylic acids is 1. The fraction of sp³-hybridized carbons (Fsp3) is 0.906. The van der Waals surface area contributed by atoms with Crippen molar-refractivity contribution in [1.29, 1.82) is 0 Å². The van der Waals surface area contributed by atoms with Gasteiger partial charge in [-0.25, -0.2) is 4.18 Å². The Kier molecular flexibility index (Phi) is 41.3. The van der Waals surface area contributed by atoms with E-state index in [4.69, 9.17) is 9.47 Å². The first-order valence-corrected chi connectivity index (χ1v) is 28.6. The number of rotatable bonds is 47. The second kappa shape index (κ2) is 43.6. The van der Waals surface area contributed by atoms with E-state index in [0.29, 0.717) is 6.42 Å². The molecule has 1 saturated heterocycles. The molecule has 1 heterocycles. The minimum absolute atomic E-state index is 0.263. The maximum absolute atomic E-state index is 13.1. The molecule has 12 nitrogen and oxygen atoms in total. The van der Waals surface area contributed by atoms with Gasteiger partial charge in [0.15, 0.2) is 6.29 Å². The first-order valence-electron chi connectivity index (χ1n) is 27.2. The average molecular weight is 960 g/mol. The molecule has 6 N–H and O–H groups in total. The number of aliphatic hydroxyl groups excluding tert-OH is 4. The summed E-state index contributed by atoms with van der Waals surface area (Å²) in [7, 11) is -5.09. The summed E-state index contributed by atoms with van der Waals surface area (Å²) in [6, 6.07) is -0.944. The lowest BCUT2D eigenvalue weighted by molar-refractivity contribution is -0.298. The summed E-state index contributed by atoms with van der Waals surface area (Å²) in [5.41, 5.74) is 0. The van der Waals surface area contributed by atoms with Gasteiger partial charge in [0.1, 0.15) is 24.4 Å². The Morgan fingerprint density at radius 3 is 1.36 bits per heavy atom. The zero-order chi connectivity index (χ0) is 48.4. The molecule has 1 aliphatic heterocycles. The zero-order valence-corrected chi connectivity index (χ0v) is 42.8. The second-order valence-electron chi connectivity index (χ2n) is 19.2. The molecule has 0 aromatic heterocycles. The summed E-state index contributed by atoms with van der Waals surface area (Å²) in [5, 5.41) is 44.9. The third kappa shape index (κ3) is 35.7. The van der Waals surface area contributed by atoms with Gasteiger partial charge in [0.25, 0.3) is 0 Å². The zero-order valence-electron chi connectivity index (χ0n) is 42.0. The molecule has 0 spiro atoms. The van der Waals surface area contributed by atoms with E-state index in [1.165, 1.54) is 180 Å². The van der Waals surface area contributed by atoms with Crippen molar-refractivity contribution in [3.63, 3.8) is 0 Å². The molecule has 66 heavy (non-hydrogen) atoms. The summed E-state index contributed by atoms with van der Waals surface area (Å²) in [4.78, 5) is 13.1. The van der Waals surface area contributed by atoms with Crippen molar-refractivity contribution < 1.29 is 51.8 Å². The number of nitrogens with one attached hydrogen (secondary N) is 1. The topological polar surface area (TPSA) is 192 Å². The molecule has 0 aromatic rings. The van der Waals surface area contributed by atoms with E-state index in [1.807, 2.05) is 6.08 Å². The monoisotopic (exact) mass is 960 g/mol. The van der Waals surface area contributed by atoms with Crippen LogP contribution >= 0.6 is 0 Å². The fourth-order valence-corrected chi connectivity index (χ4v) is 9.25.